The van der Waals surface area contributed by atoms with Gasteiger partial charge in [-0.2, -0.15) is 5.10 Å². The van der Waals surface area contributed by atoms with E-state index in [1.54, 1.807) is 0 Å². The quantitative estimate of drug-likeness (QED) is 0.633. The number of carbonyl (C=O) groups is 1. The van der Waals surface area contributed by atoms with Crippen molar-refractivity contribution in [3.05, 3.63) is 47.8 Å². The molecule has 2 aromatic rings. The number of para-hydroxylation sites is 1. The molecule has 5 aliphatic rings. The van der Waals surface area contributed by atoms with Crippen molar-refractivity contribution in [1.82, 2.24) is 14.7 Å². The average molecular weight is 466 g/mol. The van der Waals surface area contributed by atoms with Crippen LogP contribution in [0.2, 0.25) is 0 Å². The summed E-state index contributed by atoms with van der Waals surface area (Å²) in [6, 6.07) is 10.2. The van der Waals surface area contributed by atoms with Gasteiger partial charge in [0.1, 0.15) is 0 Å². The maximum absolute atomic E-state index is 13.4. The number of benzene rings is 1. The van der Waals surface area contributed by atoms with E-state index in [0.29, 0.717) is 0 Å². The van der Waals surface area contributed by atoms with Crippen LogP contribution in [0.15, 0.2) is 36.5 Å². The van der Waals surface area contributed by atoms with Crippen LogP contribution in [0.4, 0.5) is 0 Å². The summed E-state index contributed by atoms with van der Waals surface area (Å²) >= 11 is 0. The Morgan fingerprint density at radius 2 is 1.47 bits per heavy atom. The molecule has 5 fully saturated rings. The largest absolute Gasteiger partial charge is 0.377 e. The average Bonchev–Trinajstić information content (AvgIpc) is 3.33. The van der Waals surface area contributed by atoms with Crippen molar-refractivity contribution in [2.75, 3.05) is 39.5 Å². The van der Waals surface area contributed by atoms with Gasteiger partial charge in [-0.15, -0.1) is 0 Å². The van der Waals surface area contributed by atoms with Gasteiger partial charge in [0.2, 0.25) is 0 Å². The van der Waals surface area contributed by atoms with Crippen LogP contribution in [0.5, 0.6) is 0 Å². The van der Waals surface area contributed by atoms with Crippen molar-refractivity contribution in [1.29, 1.82) is 0 Å². The van der Waals surface area contributed by atoms with Gasteiger partial charge < -0.3 is 14.4 Å². The Hall–Kier alpha value is -2.18. The molecular formula is C28H39N3O3. The summed E-state index contributed by atoms with van der Waals surface area (Å²) in [5.74, 6) is 2.66. The van der Waals surface area contributed by atoms with E-state index in [1.165, 1.54) is 38.5 Å². The first-order valence-electron chi connectivity index (χ1n) is 13.2. The van der Waals surface area contributed by atoms with Crippen molar-refractivity contribution in [2.45, 2.75) is 57.8 Å². The van der Waals surface area contributed by atoms with Crippen molar-refractivity contribution in [3.63, 3.8) is 0 Å². The molecule has 1 saturated heterocycles. The molecule has 0 atom stereocenters. The van der Waals surface area contributed by atoms with E-state index in [9.17, 15) is 4.79 Å². The van der Waals surface area contributed by atoms with Gasteiger partial charge in [0, 0.05) is 24.7 Å². The van der Waals surface area contributed by atoms with E-state index in [1.807, 2.05) is 34.0 Å². The lowest BCUT2D eigenvalue weighted by Gasteiger charge is -2.56. The Morgan fingerprint density at radius 1 is 0.941 bits per heavy atom. The molecule has 6 heteroatoms. The van der Waals surface area contributed by atoms with Gasteiger partial charge in [-0.25, -0.2) is 4.68 Å². The highest BCUT2D eigenvalue weighted by Gasteiger charge is 2.54. The minimum absolute atomic E-state index is 0.118. The zero-order valence-electron chi connectivity index (χ0n) is 20.7. The molecular weight excluding hydrogens is 426 g/mol. The minimum atomic E-state index is 0.118. The highest BCUT2D eigenvalue weighted by molar-refractivity contribution is 5.95. The maximum Gasteiger partial charge on any atom is 0.257 e. The van der Waals surface area contributed by atoms with Crippen LogP contribution in [0.1, 0.15) is 68.4 Å². The van der Waals surface area contributed by atoms with Gasteiger partial charge in [0.25, 0.3) is 5.91 Å². The lowest BCUT2D eigenvalue weighted by molar-refractivity contribution is -0.0334. The third kappa shape index (κ3) is 4.67. The normalized spacial score (nSPS) is 29.4. The zero-order chi connectivity index (χ0) is 23.5. The first kappa shape index (κ1) is 23.6. The fourth-order valence-corrected chi connectivity index (χ4v) is 7.16. The first-order chi connectivity index (χ1) is 16.6. The van der Waals surface area contributed by atoms with E-state index < -0.39 is 0 Å². The number of hydrogen-bond acceptors (Lipinski definition) is 4. The van der Waals surface area contributed by atoms with E-state index in [2.05, 4.69) is 26.0 Å². The maximum atomic E-state index is 13.4. The van der Waals surface area contributed by atoms with Crippen LogP contribution in [0.25, 0.3) is 5.69 Å². The Kier molecular flexibility index (Phi) is 7.07. The molecule has 34 heavy (non-hydrogen) atoms. The lowest BCUT2D eigenvalue weighted by atomic mass is 9.48. The van der Waals surface area contributed by atoms with Gasteiger partial charge in [-0.1, -0.05) is 18.2 Å². The van der Waals surface area contributed by atoms with Crippen LogP contribution < -0.4 is 0 Å². The van der Waals surface area contributed by atoms with Crippen molar-refractivity contribution < 1.29 is 14.3 Å². The molecule has 0 spiro atoms. The highest BCUT2D eigenvalue weighted by atomic mass is 16.6. The molecule has 0 N–H and O–H groups in total. The Morgan fingerprint density at radius 3 is 1.94 bits per heavy atom. The second-order valence-electron chi connectivity index (χ2n) is 10.6. The second kappa shape index (κ2) is 10.2. The third-order valence-electron chi connectivity index (χ3n) is 8.30. The van der Waals surface area contributed by atoms with E-state index in [0.717, 1.165) is 74.2 Å². The number of hydrogen-bond donors (Lipinski definition) is 0. The molecule has 4 saturated carbocycles. The van der Waals surface area contributed by atoms with Crippen LogP contribution in [-0.4, -0.2) is 60.1 Å². The molecule has 7 rings (SSSR count). The van der Waals surface area contributed by atoms with Crippen molar-refractivity contribution in [3.8, 4) is 5.69 Å². The molecule has 1 amide bonds. The summed E-state index contributed by atoms with van der Waals surface area (Å²) in [4.78, 5) is 15.4. The smallest absolute Gasteiger partial charge is 0.257 e. The Labute approximate surface area is 203 Å². The molecule has 1 aromatic heterocycles. The molecule has 4 aliphatic carbocycles. The molecule has 0 radical (unpaired) electrons. The molecule has 0 unspecified atom stereocenters. The van der Waals surface area contributed by atoms with Gasteiger partial charge in [0.05, 0.1) is 43.4 Å². The standard InChI is InChI=1S/C24H31N3O.C4H8O2/c1-3-26(4-2)23(28)21-16-27(20-8-6-5-7-9-20)25-22(21)24-13-17-10-18(14-24)12-19(11-17)15-24;1-2-6-4-3-5-1/h5-9,16-19H,3-4,10-15H2,1-2H3;1-4H2. The molecule has 184 valence electrons. The summed E-state index contributed by atoms with van der Waals surface area (Å²) in [5.41, 5.74) is 3.08. The van der Waals surface area contributed by atoms with Crippen LogP contribution in [0, 0.1) is 17.8 Å². The van der Waals surface area contributed by atoms with E-state index >= 15 is 0 Å². The van der Waals surface area contributed by atoms with E-state index in [4.69, 9.17) is 14.6 Å². The first-order valence-corrected chi connectivity index (χ1v) is 13.2. The third-order valence-corrected chi connectivity index (χ3v) is 8.30. The Bertz CT molecular complexity index is 916. The lowest BCUT2D eigenvalue weighted by Crippen LogP contribution is -2.49. The van der Waals surface area contributed by atoms with Gasteiger partial charge in [-0.3, -0.25) is 4.79 Å². The second-order valence-corrected chi connectivity index (χ2v) is 10.6. The van der Waals surface area contributed by atoms with Crippen LogP contribution in [-0.2, 0) is 14.9 Å². The fourth-order valence-electron chi connectivity index (χ4n) is 7.16. The van der Waals surface area contributed by atoms with E-state index in [-0.39, 0.29) is 11.3 Å². The van der Waals surface area contributed by atoms with Gasteiger partial charge >= 0.3 is 0 Å². The molecule has 1 aliphatic heterocycles. The number of ether oxygens (including phenoxy) is 2. The molecule has 6 nitrogen and oxygen atoms in total. The number of rotatable bonds is 5. The SMILES string of the molecule is C1COCCO1.CCN(CC)C(=O)c1cn(-c2ccccc2)nc1C12CC3CC(CC(C3)C1)C2. The monoisotopic (exact) mass is 465 g/mol. The fraction of sp³-hybridized carbons (Fsp3) is 0.643. The summed E-state index contributed by atoms with van der Waals surface area (Å²) in [6.45, 7) is 8.72. The predicted octanol–water partition coefficient (Wildman–Crippen LogP) is 4.86. The topological polar surface area (TPSA) is 56.6 Å². The van der Waals surface area contributed by atoms with Crippen LogP contribution in [0.3, 0.4) is 0 Å². The zero-order valence-corrected chi connectivity index (χ0v) is 20.7. The summed E-state index contributed by atoms with van der Waals surface area (Å²) in [6.07, 6.45) is 9.88. The highest BCUT2D eigenvalue weighted by Crippen LogP contribution is 2.60. The minimum Gasteiger partial charge on any atom is -0.377 e. The Balaban J connectivity index is 0.000000351. The summed E-state index contributed by atoms with van der Waals surface area (Å²) in [7, 11) is 0. The van der Waals surface area contributed by atoms with Gasteiger partial charge in [-0.05, 0) is 82.3 Å². The molecule has 4 bridgehead atoms. The number of carbonyl (C=O) groups excluding carboxylic acids is 1. The van der Waals surface area contributed by atoms with Crippen LogP contribution >= 0.6 is 0 Å². The molecule has 1 aromatic carbocycles. The number of amides is 1. The summed E-state index contributed by atoms with van der Waals surface area (Å²) < 4.78 is 11.8. The van der Waals surface area contributed by atoms with Gasteiger partial charge in [0.15, 0.2) is 0 Å². The summed E-state index contributed by atoms with van der Waals surface area (Å²) in [5, 5.41) is 5.11. The molecule has 2 heterocycles. The number of nitrogens with zero attached hydrogens (tertiary/aromatic N) is 3. The van der Waals surface area contributed by atoms with Crippen molar-refractivity contribution in [2.24, 2.45) is 17.8 Å². The predicted molar refractivity (Wildman–Crippen MR) is 132 cm³/mol. The number of aromatic nitrogens is 2. The van der Waals surface area contributed by atoms with Crippen molar-refractivity contribution >= 4 is 5.91 Å².